The average Bonchev–Trinajstić information content (AvgIpc) is 2.91. The zero-order valence-electron chi connectivity index (χ0n) is 13.4. The monoisotopic (exact) mass is 337 g/mol. The van der Waals surface area contributed by atoms with Gasteiger partial charge in [0.25, 0.3) is 0 Å². The van der Waals surface area contributed by atoms with Gasteiger partial charge in [-0.1, -0.05) is 19.3 Å². The summed E-state index contributed by atoms with van der Waals surface area (Å²) in [6.45, 7) is 2.29. The predicted molar refractivity (Wildman–Crippen MR) is 94.1 cm³/mol. The first-order valence-electron chi connectivity index (χ1n) is 8.01. The van der Waals surface area contributed by atoms with E-state index in [9.17, 15) is 9.59 Å². The van der Waals surface area contributed by atoms with Crippen LogP contribution in [0.2, 0.25) is 0 Å². The molecule has 1 fully saturated rings. The molecule has 1 heterocycles. The Bertz CT molecular complexity index is 612. The summed E-state index contributed by atoms with van der Waals surface area (Å²) in [5, 5.41) is 2.96. The van der Waals surface area contributed by atoms with Crippen molar-refractivity contribution in [1.82, 2.24) is 0 Å². The van der Waals surface area contributed by atoms with E-state index < -0.39 is 5.54 Å². The molecule has 0 aromatic heterocycles. The lowest BCUT2D eigenvalue weighted by Crippen LogP contribution is -2.52. The number of fused-ring (bicyclic) bond motifs is 1. The number of amides is 2. The molecule has 0 saturated heterocycles. The summed E-state index contributed by atoms with van der Waals surface area (Å²) in [4.78, 5) is 25.8. The van der Waals surface area contributed by atoms with Crippen LogP contribution in [0.1, 0.15) is 44.6 Å². The first-order valence-corrected chi connectivity index (χ1v) is 8.01. The molecule has 1 saturated carbocycles. The minimum absolute atomic E-state index is 0. The van der Waals surface area contributed by atoms with Gasteiger partial charge in [-0.2, -0.15) is 0 Å². The quantitative estimate of drug-likeness (QED) is 0.871. The molecule has 2 aliphatic rings. The Hall–Kier alpha value is -1.59. The molecule has 126 valence electrons. The molecular weight excluding hydrogens is 314 g/mol. The van der Waals surface area contributed by atoms with E-state index in [-0.39, 0.29) is 24.2 Å². The van der Waals surface area contributed by atoms with Crippen molar-refractivity contribution in [2.24, 2.45) is 5.73 Å². The molecule has 0 unspecified atom stereocenters. The maximum absolute atomic E-state index is 12.5. The van der Waals surface area contributed by atoms with Crippen LogP contribution < -0.4 is 16.0 Å². The van der Waals surface area contributed by atoms with Gasteiger partial charge in [0.05, 0.1) is 5.54 Å². The van der Waals surface area contributed by atoms with Gasteiger partial charge >= 0.3 is 0 Å². The Morgan fingerprint density at radius 1 is 1.22 bits per heavy atom. The molecule has 0 atom stereocenters. The third-order valence-electron chi connectivity index (χ3n) is 4.81. The third-order valence-corrected chi connectivity index (χ3v) is 4.81. The van der Waals surface area contributed by atoms with E-state index in [1.165, 1.54) is 0 Å². The minimum atomic E-state index is -0.733. The van der Waals surface area contributed by atoms with Crippen LogP contribution in [0.3, 0.4) is 0 Å². The van der Waals surface area contributed by atoms with Crippen molar-refractivity contribution in [2.75, 3.05) is 16.8 Å². The topological polar surface area (TPSA) is 75.4 Å². The van der Waals surface area contributed by atoms with E-state index in [0.717, 1.165) is 55.5 Å². The van der Waals surface area contributed by atoms with Crippen LogP contribution in [0.4, 0.5) is 11.4 Å². The molecule has 6 heteroatoms. The summed E-state index contributed by atoms with van der Waals surface area (Å²) in [5.74, 6) is -0.0350. The molecule has 1 aromatic rings. The van der Waals surface area contributed by atoms with E-state index in [1.807, 2.05) is 18.2 Å². The highest BCUT2D eigenvalue weighted by molar-refractivity contribution is 5.99. The fraction of sp³-hybridized carbons (Fsp3) is 0.529. The summed E-state index contributed by atoms with van der Waals surface area (Å²) in [6, 6.07) is 5.72. The summed E-state index contributed by atoms with van der Waals surface area (Å²) in [7, 11) is 0. The van der Waals surface area contributed by atoms with Crippen LogP contribution in [-0.2, 0) is 16.0 Å². The third kappa shape index (κ3) is 3.51. The first-order chi connectivity index (χ1) is 10.5. The lowest BCUT2D eigenvalue weighted by atomic mass is 9.82. The first kappa shape index (κ1) is 17.8. The molecular formula is C17H24ClN3O2. The SMILES string of the molecule is CC(=O)N1CCc2cc(NC(=O)C3(N)CCCCC3)ccc21.Cl. The van der Waals surface area contributed by atoms with Gasteiger partial charge in [0.1, 0.15) is 0 Å². The highest BCUT2D eigenvalue weighted by atomic mass is 35.5. The van der Waals surface area contributed by atoms with Crippen molar-refractivity contribution >= 4 is 35.6 Å². The molecule has 2 amide bonds. The Labute approximate surface area is 143 Å². The molecule has 0 radical (unpaired) electrons. The van der Waals surface area contributed by atoms with Crippen LogP contribution >= 0.6 is 12.4 Å². The summed E-state index contributed by atoms with van der Waals surface area (Å²) >= 11 is 0. The van der Waals surface area contributed by atoms with Crippen LogP contribution in [0.5, 0.6) is 0 Å². The van der Waals surface area contributed by atoms with Gasteiger partial charge in [0.2, 0.25) is 11.8 Å². The van der Waals surface area contributed by atoms with Gasteiger partial charge in [-0.15, -0.1) is 12.4 Å². The predicted octanol–water partition coefficient (Wildman–Crippen LogP) is 2.62. The number of anilines is 2. The zero-order valence-corrected chi connectivity index (χ0v) is 14.2. The minimum Gasteiger partial charge on any atom is -0.324 e. The highest BCUT2D eigenvalue weighted by Gasteiger charge is 2.35. The normalized spacial score (nSPS) is 18.8. The summed E-state index contributed by atoms with van der Waals surface area (Å²) < 4.78 is 0. The summed E-state index contributed by atoms with van der Waals surface area (Å²) in [6.07, 6.45) is 5.52. The Morgan fingerprint density at radius 3 is 2.57 bits per heavy atom. The largest absolute Gasteiger partial charge is 0.324 e. The Balaban J connectivity index is 0.00000192. The van der Waals surface area contributed by atoms with Gasteiger partial charge in [-0.05, 0) is 43.0 Å². The van der Waals surface area contributed by atoms with Crippen molar-refractivity contribution in [3.05, 3.63) is 23.8 Å². The van der Waals surface area contributed by atoms with Crippen LogP contribution in [-0.4, -0.2) is 23.9 Å². The van der Waals surface area contributed by atoms with E-state index in [1.54, 1.807) is 11.8 Å². The molecule has 5 nitrogen and oxygen atoms in total. The van der Waals surface area contributed by atoms with Crippen LogP contribution in [0, 0.1) is 0 Å². The number of nitrogens with one attached hydrogen (secondary N) is 1. The molecule has 1 aromatic carbocycles. The van der Waals surface area contributed by atoms with Gasteiger partial charge in [0, 0.05) is 24.8 Å². The van der Waals surface area contributed by atoms with Gasteiger partial charge < -0.3 is 16.0 Å². The summed E-state index contributed by atoms with van der Waals surface area (Å²) in [5.41, 5.74) is 8.34. The number of hydrogen-bond donors (Lipinski definition) is 2. The molecule has 23 heavy (non-hydrogen) atoms. The Morgan fingerprint density at radius 2 is 1.91 bits per heavy atom. The van der Waals surface area contributed by atoms with Crippen LogP contribution in [0.25, 0.3) is 0 Å². The van der Waals surface area contributed by atoms with Crippen molar-refractivity contribution in [3.8, 4) is 0 Å². The lowest BCUT2D eigenvalue weighted by molar-refractivity contribution is -0.122. The second kappa shape index (κ2) is 6.89. The highest BCUT2D eigenvalue weighted by Crippen LogP contribution is 2.32. The second-order valence-corrected chi connectivity index (χ2v) is 6.44. The van der Waals surface area contributed by atoms with Gasteiger partial charge in [0.15, 0.2) is 0 Å². The molecule has 1 aliphatic carbocycles. The number of benzene rings is 1. The molecule has 0 bridgehead atoms. The average molecular weight is 338 g/mol. The van der Waals surface area contributed by atoms with Gasteiger partial charge in [-0.3, -0.25) is 9.59 Å². The number of halogens is 1. The molecule has 3 rings (SSSR count). The second-order valence-electron chi connectivity index (χ2n) is 6.44. The molecule has 1 aliphatic heterocycles. The van der Waals surface area contributed by atoms with Crippen molar-refractivity contribution < 1.29 is 9.59 Å². The Kier molecular flexibility index (Phi) is 5.32. The van der Waals surface area contributed by atoms with E-state index in [0.29, 0.717) is 6.54 Å². The zero-order chi connectivity index (χ0) is 15.7. The maximum atomic E-state index is 12.5. The van der Waals surface area contributed by atoms with E-state index in [2.05, 4.69) is 5.32 Å². The maximum Gasteiger partial charge on any atom is 0.244 e. The number of nitrogens with two attached hydrogens (primary N) is 1. The number of carbonyl (C=O) groups excluding carboxylic acids is 2. The van der Waals surface area contributed by atoms with Crippen molar-refractivity contribution in [3.63, 3.8) is 0 Å². The van der Waals surface area contributed by atoms with Gasteiger partial charge in [-0.25, -0.2) is 0 Å². The standard InChI is InChI=1S/C17H23N3O2.ClH/c1-12(21)20-10-7-13-11-14(5-6-15(13)20)19-16(22)17(18)8-3-2-4-9-17;/h5-6,11H,2-4,7-10,18H2,1H3,(H,19,22);1H. The van der Waals surface area contributed by atoms with Crippen LogP contribution in [0.15, 0.2) is 18.2 Å². The van der Waals surface area contributed by atoms with E-state index in [4.69, 9.17) is 5.73 Å². The van der Waals surface area contributed by atoms with E-state index >= 15 is 0 Å². The lowest BCUT2D eigenvalue weighted by Gasteiger charge is -2.31. The number of rotatable bonds is 2. The van der Waals surface area contributed by atoms with Crippen molar-refractivity contribution in [1.29, 1.82) is 0 Å². The number of nitrogens with zero attached hydrogens (tertiary/aromatic N) is 1. The number of carbonyl (C=O) groups is 2. The fourth-order valence-electron chi connectivity index (χ4n) is 3.47. The number of hydrogen-bond acceptors (Lipinski definition) is 3. The fourth-order valence-corrected chi connectivity index (χ4v) is 3.47. The van der Waals surface area contributed by atoms with Crippen molar-refractivity contribution in [2.45, 2.75) is 51.0 Å². The molecule has 0 spiro atoms. The molecule has 3 N–H and O–H groups in total. The smallest absolute Gasteiger partial charge is 0.244 e.